The Balaban J connectivity index is 1.95. The normalized spacial score (nSPS) is 10.6. The highest BCUT2D eigenvalue weighted by molar-refractivity contribution is 7.17. The SMILES string of the molecule is COc1ccc(-c2nc(C)c(C(=O)O)s2)c(OCc2cccc(C)c2)c1. The van der Waals surface area contributed by atoms with Crippen LogP contribution >= 0.6 is 11.3 Å². The summed E-state index contributed by atoms with van der Waals surface area (Å²) in [6.45, 7) is 4.13. The molecule has 26 heavy (non-hydrogen) atoms. The summed E-state index contributed by atoms with van der Waals surface area (Å²) in [6, 6.07) is 13.5. The molecule has 0 aliphatic heterocycles. The van der Waals surface area contributed by atoms with Crippen molar-refractivity contribution in [3.63, 3.8) is 0 Å². The topological polar surface area (TPSA) is 68.7 Å². The van der Waals surface area contributed by atoms with E-state index in [1.165, 1.54) is 5.56 Å². The van der Waals surface area contributed by atoms with Gasteiger partial charge in [0.05, 0.1) is 18.4 Å². The fourth-order valence-electron chi connectivity index (χ4n) is 2.60. The number of aromatic carboxylic acids is 1. The quantitative estimate of drug-likeness (QED) is 0.681. The first kappa shape index (κ1) is 17.9. The number of carbonyl (C=O) groups is 1. The lowest BCUT2D eigenvalue weighted by Gasteiger charge is -2.12. The van der Waals surface area contributed by atoms with E-state index in [-0.39, 0.29) is 4.88 Å². The molecule has 1 heterocycles. The highest BCUT2D eigenvalue weighted by Crippen LogP contribution is 2.37. The maximum absolute atomic E-state index is 11.3. The summed E-state index contributed by atoms with van der Waals surface area (Å²) in [5, 5.41) is 9.89. The number of methoxy groups -OCH3 is 1. The van der Waals surface area contributed by atoms with E-state index in [0.29, 0.717) is 28.8 Å². The first-order valence-corrected chi connectivity index (χ1v) is 8.87. The van der Waals surface area contributed by atoms with Gasteiger partial charge in [0.2, 0.25) is 0 Å². The lowest BCUT2D eigenvalue weighted by molar-refractivity contribution is 0.0701. The molecule has 1 aromatic heterocycles. The van der Waals surface area contributed by atoms with E-state index >= 15 is 0 Å². The zero-order chi connectivity index (χ0) is 18.7. The van der Waals surface area contributed by atoms with Gasteiger partial charge in [0.15, 0.2) is 0 Å². The summed E-state index contributed by atoms with van der Waals surface area (Å²) < 4.78 is 11.3. The van der Waals surface area contributed by atoms with Crippen LogP contribution in [0.25, 0.3) is 10.6 Å². The van der Waals surface area contributed by atoms with Crippen LogP contribution in [0, 0.1) is 13.8 Å². The molecule has 0 fully saturated rings. The second-order valence-electron chi connectivity index (χ2n) is 5.88. The highest BCUT2D eigenvalue weighted by Gasteiger charge is 2.18. The van der Waals surface area contributed by atoms with Gasteiger partial charge < -0.3 is 14.6 Å². The van der Waals surface area contributed by atoms with E-state index < -0.39 is 5.97 Å². The van der Waals surface area contributed by atoms with Crippen molar-refractivity contribution in [3.05, 3.63) is 64.2 Å². The molecule has 0 spiro atoms. The molecule has 6 heteroatoms. The number of carboxylic acid groups (broad SMARTS) is 1. The lowest BCUT2D eigenvalue weighted by Crippen LogP contribution is -1.98. The number of benzene rings is 2. The van der Waals surface area contributed by atoms with Gasteiger partial charge in [0.25, 0.3) is 0 Å². The highest BCUT2D eigenvalue weighted by atomic mass is 32.1. The number of carboxylic acids is 1. The molecule has 0 amide bonds. The summed E-state index contributed by atoms with van der Waals surface area (Å²) in [4.78, 5) is 16.0. The van der Waals surface area contributed by atoms with Crippen molar-refractivity contribution in [1.82, 2.24) is 4.98 Å². The largest absolute Gasteiger partial charge is 0.497 e. The van der Waals surface area contributed by atoms with Gasteiger partial charge in [-0.15, -0.1) is 11.3 Å². The van der Waals surface area contributed by atoms with Crippen LogP contribution in [0.4, 0.5) is 0 Å². The van der Waals surface area contributed by atoms with E-state index in [1.54, 1.807) is 20.1 Å². The molecule has 2 aromatic carbocycles. The number of hydrogen-bond acceptors (Lipinski definition) is 5. The summed E-state index contributed by atoms with van der Waals surface area (Å²) in [5.41, 5.74) is 3.47. The molecule has 0 aliphatic rings. The van der Waals surface area contributed by atoms with Gasteiger partial charge in [0.1, 0.15) is 28.0 Å². The standard InChI is InChI=1S/C20H19NO4S/c1-12-5-4-6-14(9-12)11-25-17-10-15(24-3)7-8-16(17)19-21-13(2)18(26-19)20(22)23/h4-10H,11H2,1-3H3,(H,22,23). The predicted molar refractivity (Wildman–Crippen MR) is 101 cm³/mol. The van der Waals surface area contributed by atoms with Gasteiger partial charge in [0, 0.05) is 6.07 Å². The minimum Gasteiger partial charge on any atom is -0.497 e. The molecule has 1 N–H and O–H groups in total. The van der Waals surface area contributed by atoms with E-state index in [2.05, 4.69) is 11.1 Å². The first-order valence-electron chi connectivity index (χ1n) is 8.05. The summed E-state index contributed by atoms with van der Waals surface area (Å²) in [7, 11) is 1.59. The molecule has 5 nitrogen and oxygen atoms in total. The molecule has 134 valence electrons. The molecule has 0 saturated heterocycles. The van der Waals surface area contributed by atoms with Crippen LogP contribution in [0.3, 0.4) is 0 Å². The van der Waals surface area contributed by atoms with Crippen LogP contribution in [0.1, 0.15) is 26.5 Å². The Bertz CT molecular complexity index is 949. The van der Waals surface area contributed by atoms with Gasteiger partial charge >= 0.3 is 5.97 Å². The molecular weight excluding hydrogens is 350 g/mol. The van der Waals surface area contributed by atoms with Crippen molar-refractivity contribution in [2.24, 2.45) is 0 Å². The van der Waals surface area contributed by atoms with Crippen LogP contribution < -0.4 is 9.47 Å². The fourth-order valence-corrected chi connectivity index (χ4v) is 3.53. The Morgan fingerprint density at radius 1 is 1.19 bits per heavy atom. The van der Waals surface area contributed by atoms with Gasteiger partial charge in [-0.3, -0.25) is 0 Å². The molecule has 3 aromatic rings. The minimum absolute atomic E-state index is 0.237. The number of hydrogen-bond donors (Lipinski definition) is 1. The predicted octanol–water partition coefficient (Wildman–Crippen LogP) is 4.71. The van der Waals surface area contributed by atoms with E-state index in [1.807, 2.05) is 37.3 Å². The Hall–Kier alpha value is -2.86. The summed E-state index contributed by atoms with van der Waals surface area (Å²) in [6.07, 6.45) is 0. The Kier molecular flexibility index (Phi) is 5.23. The van der Waals surface area contributed by atoms with Crippen LogP contribution in [0.2, 0.25) is 0 Å². The summed E-state index contributed by atoms with van der Waals surface area (Å²) >= 11 is 1.14. The van der Waals surface area contributed by atoms with E-state index in [0.717, 1.165) is 22.5 Å². The molecule has 0 bridgehead atoms. The molecule has 0 atom stereocenters. The monoisotopic (exact) mass is 369 g/mol. The van der Waals surface area contributed by atoms with Crippen molar-refractivity contribution in [2.45, 2.75) is 20.5 Å². The van der Waals surface area contributed by atoms with Crippen molar-refractivity contribution in [1.29, 1.82) is 0 Å². The second kappa shape index (κ2) is 7.58. The smallest absolute Gasteiger partial charge is 0.347 e. The number of thiazole rings is 1. The van der Waals surface area contributed by atoms with Crippen LogP contribution in [0.15, 0.2) is 42.5 Å². The van der Waals surface area contributed by atoms with E-state index in [9.17, 15) is 9.90 Å². The molecule has 3 rings (SSSR count). The minimum atomic E-state index is -0.970. The average Bonchev–Trinajstić information content (AvgIpc) is 3.01. The summed E-state index contributed by atoms with van der Waals surface area (Å²) in [5.74, 6) is 0.304. The number of ether oxygens (including phenoxy) is 2. The number of aromatic nitrogens is 1. The zero-order valence-corrected chi connectivity index (χ0v) is 15.6. The first-order chi connectivity index (χ1) is 12.5. The molecule has 0 radical (unpaired) electrons. The Morgan fingerprint density at radius 3 is 2.65 bits per heavy atom. The third-order valence-corrected chi connectivity index (χ3v) is 5.07. The zero-order valence-electron chi connectivity index (χ0n) is 14.8. The van der Waals surface area contributed by atoms with Gasteiger partial charge in [-0.2, -0.15) is 0 Å². The third-order valence-electron chi connectivity index (χ3n) is 3.89. The molecule has 0 aliphatic carbocycles. The van der Waals surface area contributed by atoms with Gasteiger partial charge in [-0.05, 0) is 31.5 Å². The van der Waals surface area contributed by atoms with Gasteiger partial charge in [-0.25, -0.2) is 9.78 Å². The third kappa shape index (κ3) is 3.86. The van der Waals surface area contributed by atoms with Crippen molar-refractivity contribution in [3.8, 4) is 22.1 Å². The second-order valence-corrected chi connectivity index (χ2v) is 6.88. The number of nitrogens with zero attached hydrogens (tertiary/aromatic N) is 1. The molecule has 0 unspecified atom stereocenters. The lowest BCUT2D eigenvalue weighted by atomic mass is 10.1. The molecular formula is C20H19NO4S. The van der Waals surface area contributed by atoms with Gasteiger partial charge in [-0.1, -0.05) is 29.8 Å². The molecule has 0 saturated carbocycles. The van der Waals surface area contributed by atoms with Crippen molar-refractivity contribution in [2.75, 3.05) is 7.11 Å². The number of rotatable bonds is 6. The van der Waals surface area contributed by atoms with Crippen LogP contribution in [0.5, 0.6) is 11.5 Å². The van der Waals surface area contributed by atoms with Crippen molar-refractivity contribution >= 4 is 17.3 Å². The maximum atomic E-state index is 11.3. The average molecular weight is 369 g/mol. The Morgan fingerprint density at radius 2 is 2.00 bits per heavy atom. The maximum Gasteiger partial charge on any atom is 0.347 e. The van der Waals surface area contributed by atoms with E-state index in [4.69, 9.17) is 9.47 Å². The van der Waals surface area contributed by atoms with Crippen LogP contribution in [-0.2, 0) is 6.61 Å². The Labute approximate surface area is 155 Å². The number of aryl methyl sites for hydroxylation is 2. The van der Waals surface area contributed by atoms with Crippen LogP contribution in [-0.4, -0.2) is 23.2 Å². The van der Waals surface area contributed by atoms with Crippen molar-refractivity contribution < 1.29 is 19.4 Å². The fraction of sp³-hybridized carbons (Fsp3) is 0.200.